The van der Waals surface area contributed by atoms with E-state index in [2.05, 4.69) is 10.2 Å². The highest BCUT2D eigenvalue weighted by molar-refractivity contribution is 6.33. The molecule has 0 radical (unpaired) electrons. The molecule has 2 aliphatic rings. The minimum atomic E-state index is -0.833. The van der Waals surface area contributed by atoms with Crippen molar-refractivity contribution < 1.29 is 95.2 Å². The molecule has 2 heterocycles. The minimum absolute atomic E-state index is 0.00171. The van der Waals surface area contributed by atoms with Gasteiger partial charge in [0.2, 0.25) is 0 Å². The lowest BCUT2D eigenvalue weighted by Gasteiger charge is -2.23. The quantitative estimate of drug-likeness (QED) is 0.0307. The van der Waals surface area contributed by atoms with E-state index in [1.54, 1.807) is 113 Å². The lowest BCUT2D eigenvalue weighted by atomic mass is 9.83. The molecule has 0 aromatic heterocycles. The summed E-state index contributed by atoms with van der Waals surface area (Å²) in [4.78, 5) is 70.6. The molecule has 0 fully saturated rings. The number of aryl methyl sites for hydroxylation is 6. The molecule has 2 aliphatic heterocycles. The number of benzene rings is 10. The van der Waals surface area contributed by atoms with E-state index < -0.39 is 75.1 Å². The number of nitrogens with zero attached hydrogens (tertiary/aromatic N) is 4. The summed E-state index contributed by atoms with van der Waals surface area (Å²) in [6.45, 7) is 29.8. The van der Waals surface area contributed by atoms with Crippen molar-refractivity contribution in [3.8, 4) is 91.2 Å². The van der Waals surface area contributed by atoms with Crippen molar-refractivity contribution in [3.63, 3.8) is 0 Å². The number of carboxylic acids is 1. The summed E-state index contributed by atoms with van der Waals surface area (Å²) < 4.78 is 0. The first kappa shape index (κ1) is 78.5. The molecule has 23 heteroatoms. The third-order valence-corrected chi connectivity index (χ3v) is 19.2. The van der Waals surface area contributed by atoms with E-state index in [4.69, 9.17) is 9.90 Å². The molecule has 107 heavy (non-hydrogen) atoms. The Morgan fingerprint density at radius 3 is 0.907 bits per heavy atom. The first-order valence-corrected chi connectivity index (χ1v) is 34.3. The van der Waals surface area contributed by atoms with E-state index in [-0.39, 0.29) is 107 Å². The van der Waals surface area contributed by atoms with Crippen molar-refractivity contribution in [2.75, 3.05) is 10.0 Å². The van der Waals surface area contributed by atoms with Gasteiger partial charge in [-0.2, -0.15) is 15.2 Å². The van der Waals surface area contributed by atoms with Crippen LogP contribution < -0.4 is 10.0 Å². The van der Waals surface area contributed by atoms with Crippen LogP contribution in [0.2, 0.25) is 0 Å². The van der Waals surface area contributed by atoms with E-state index in [0.717, 1.165) is 23.9 Å². The highest BCUT2D eigenvalue weighted by atomic mass is 16.4. The van der Waals surface area contributed by atoms with Crippen LogP contribution in [-0.4, -0.2) is 114 Å². The molecule has 0 unspecified atom stereocenters. The molecule has 23 nitrogen and oxygen atoms in total. The standard InChI is InChI=1S/C41H40N2O8.C30H30O8.C11H12N2O.C2H4O2/c1-17(2)29-25-13-20(6)31(32-21(7)14-26-30(18(3)4)40(50)36(46)28(16-44)34(26)38(32)48)37(47)33(25)27(35(45)39(29)49)15-24-22(8)42-43(41(24)51)23-11-9-19(5)10-12-23;1-11(2)19-15-7-13(5)21(27(35)23(15)17(9-31)25(33)29(19)37)22-14(6)8-16-20(12(3)4)30(38)26(34)18(10-32)24(16)28(22)36;1-8-3-5-10(6-4-8)13-11(14)7-9(2)12-13;1-2(3)4/h9-18,45-50H,1-8H3;7-12,33-38H,1-6H3;3-6H,7H2,1-2H3;1H3,(H,3,4)/b24-15-;;;. The van der Waals surface area contributed by atoms with Crippen LogP contribution in [0.25, 0.3) is 71.4 Å². The van der Waals surface area contributed by atoms with E-state index in [9.17, 15) is 85.3 Å². The predicted octanol–water partition coefficient (Wildman–Crippen LogP) is 17.3. The van der Waals surface area contributed by atoms with Crippen LogP contribution in [0.15, 0.2) is 88.6 Å². The number of carbonyl (C=O) groups is 6. The zero-order valence-electron chi connectivity index (χ0n) is 62.3. The van der Waals surface area contributed by atoms with Gasteiger partial charge in [-0.3, -0.25) is 28.8 Å². The number of hydrogen-bond donors (Lipinski definition) is 13. The van der Waals surface area contributed by atoms with Gasteiger partial charge in [-0.1, -0.05) is 115 Å². The van der Waals surface area contributed by atoms with Crippen LogP contribution in [0.4, 0.5) is 11.4 Å². The van der Waals surface area contributed by atoms with Gasteiger partial charge in [-0.15, -0.1) is 0 Å². The summed E-state index contributed by atoms with van der Waals surface area (Å²) >= 11 is 0. The number of phenolic OH excluding ortho intramolecular Hbond substituents is 12. The molecule has 0 atom stereocenters. The number of aliphatic carboxylic acids is 1. The number of hydrogen-bond acceptors (Lipinski definition) is 20. The van der Waals surface area contributed by atoms with E-state index in [1.165, 1.54) is 21.7 Å². The number of rotatable bonds is 12. The third-order valence-electron chi connectivity index (χ3n) is 19.2. The van der Waals surface area contributed by atoms with Gasteiger partial charge < -0.3 is 66.4 Å². The smallest absolute Gasteiger partial charge is 0.300 e. The zero-order chi connectivity index (χ0) is 79.5. The first-order valence-electron chi connectivity index (χ1n) is 34.3. The summed E-state index contributed by atoms with van der Waals surface area (Å²) in [5, 5.41) is 155. The number of carboxylic acid groups (broad SMARTS) is 1. The molecule has 12 rings (SSSR count). The van der Waals surface area contributed by atoms with Gasteiger partial charge in [-0.05, 0) is 153 Å². The Balaban J connectivity index is 0.000000205. The number of phenols is 12. The van der Waals surface area contributed by atoms with Crippen LogP contribution >= 0.6 is 0 Å². The monoisotopic (exact) mass is 1450 g/mol. The fourth-order valence-corrected chi connectivity index (χ4v) is 14.4. The number of anilines is 2. The predicted molar refractivity (Wildman–Crippen MR) is 415 cm³/mol. The normalized spacial score (nSPS) is 13.2. The summed E-state index contributed by atoms with van der Waals surface area (Å²) in [5.74, 6) is -8.28. The van der Waals surface area contributed by atoms with Crippen molar-refractivity contribution in [3.05, 3.63) is 156 Å². The maximum absolute atomic E-state index is 13.8. The van der Waals surface area contributed by atoms with Crippen molar-refractivity contribution in [1.82, 2.24) is 0 Å². The highest BCUT2D eigenvalue weighted by Crippen LogP contribution is 2.58. The maximum Gasteiger partial charge on any atom is 0.300 e. The summed E-state index contributed by atoms with van der Waals surface area (Å²) in [5.41, 5.74) is 7.89. The Kier molecular flexibility index (Phi) is 22.1. The first-order chi connectivity index (χ1) is 50.2. The van der Waals surface area contributed by atoms with Crippen LogP contribution in [0.1, 0.15) is 199 Å². The van der Waals surface area contributed by atoms with Gasteiger partial charge in [0.15, 0.2) is 64.9 Å². The molecule has 0 spiro atoms. The fourth-order valence-electron chi connectivity index (χ4n) is 14.4. The van der Waals surface area contributed by atoms with E-state index in [1.807, 2.05) is 71.0 Å². The van der Waals surface area contributed by atoms with Gasteiger partial charge in [-0.25, -0.2) is 5.01 Å². The van der Waals surface area contributed by atoms with Gasteiger partial charge in [0.25, 0.3) is 17.8 Å². The van der Waals surface area contributed by atoms with Crippen molar-refractivity contribution in [1.29, 1.82) is 0 Å². The molecular formula is C84H86N4O19. The molecule has 0 aliphatic carbocycles. The Morgan fingerprint density at radius 1 is 0.393 bits per heavy atom. The second-order valence-corrected chi connectivity index (χ2v) is 28.2. The molecule has 0 saturated carbocycles. The average Bonchev–Trinajstić information content (AvgIpc) is 0.870. The molecular weight excluding hydrogens is 1370 g/mol. The summed E-state index contributed by atoms with van der Waals surface area (Å²) in [6.07, 6.45) is 2.87. The Labute approximate surface area is 616 Å². The molecule has 13 N–H and O–H groups in total. The van der Waals surface area contributed by atoms with Gasteiger partial charge in [0, 0.05) is 84.3 Å². The molecule has 0 bridgehead atoms. The van der Waals surface area contributed by atoms with E-state index >= 15 is 0 Å². The number of carbonyl (C=O) groups excluding carboxylic acids is 5. The van der Waals surface area contributed by atoms with Crippen LogP contribution in [0.5, 0.6) is 69.0 Å². The van der Waals surface area contributed by atoms with E-state index in [0.29, 0.717) is 103 Å². The van der Waals surface area contributed by atoms with Gasteiger partial charge in [0.1, 0.15) is 23.0 Å². The zero-order valence-corrected chi connectivity index (χ0v) is 62.3. The van der Waals surface area contributed by atoms with Crippen LogP contribution in [0.3, 0.4) is 0 Å². The maximum atomic E-state index is 13.8. The third kappa shape index (κ3) is 13.8. The van der Waals surface area contributed by atoms with Crippen molar-refractivity contribution in [2.24, 2.45) is 10.2 Å². The van der Waals surface area contributed by atoms with Crippen LogP contribution in [0, 0.1) is 41.5 Å². The van der Waals surface area contributed by atoms with Crippen molar-refractivity contribution in [2.45, 2.75) is 148 Å². The molecule has 10 aromatic rings. The molecule has 556 valence electrons. The fraction of sp³-hybridized carbons (Fsp3) is 0.262. The Morgan fingerprint density at radius 2 is 0.654 bits per heavy atom. The number of fused-ring (bicyclic) bond motifs is 4. The molecule has 10 aromatic carbocycles. The second kappa shape index (κ2) is 30.2. The highest BCUT2D eigenvalue weighted by Gasteiger charge is 2.35. The minimum Gasteiger partial charge on any atom is -0.507 e. The Hall–Kier alpha value is -12.7. The summed E-state index contributed by atoms with van der Waals surface area (Å²) in [7, 11) is 0. The number of aromatic hydroxyl groups is 12. The van der Waals surface area contributed by atoms with Crippen molar-refractivity contribution >= 4 is 109 Å². The lowest BCUT2D eigenvalue weighted by Crippen LogP contribution is -2.21. The average molecular weight is 1460 g/mol. The second-order valence-electron chi connectivity index (χ2n) is 28.2. The van der Waals surface area contributed by atoms with Gasteiger partial charge >= 0.3 is 0 Å². The number of amides is 2. The lowest BCUT2D eigenvalue weighted by molar-refractivity contribution is -0.134. The SMILES string of the molecule is CC(=O)O.CC1=NN(c2ccc(C)cc2)C(=O)/C1=C\c1c(O)c(O)c(C(C)C)c2cc(C)c(-c3c(C)cc4c(C(C)C)c(O)c(O)c(C=O)c4c3O)c(O)c12.CC1=NN(c2ccc(C)cc2)C(=O)C1.Cc1cc2c(C(C)C)c(O)c(O)c(C=O)c2c(O)c1-c1c(C)cc2c(C(C)C)c(O)c(O)c(C=O)c2c1O. The number of aldehydes is 3. The summed E-state index contributed by atoms with van der Waals surface area (Å²) in [6, 6.07) is 21.8. The number of hydrazone groups is 2. The van der Waals surface area contributed by atoms with Gasteiger partial charge in [0.05, 0.1) is 45.8 Å². The largest absolute Gasteiger partial charge is 0.507 e. The molecule has 0 saturated heterocycles. The topological polar surface area (TPSA) is 397 Å². The Bertz CT molecular complexity index is 5400. The van der Waals surface area contributed by atoms with Crippen LogP contribution in [-0.2, 0) is 14.4 Å². The molecule has 2 amide bonds.